The lowest BCUT2D eigenvalue weighted by Crippen LogP contribution is -2.28. The third-order valence-electron chi connectivity index (χ3n) is 4.01. The minimum atomic E-state index is 0. The Morgan fingerprint density at radius 2 is 2.08 bits per heavy atom. The number of hydrogen-bond acceptors (Lipinski definition) is 4. The summed E-state index contributed by atoms with van der Waals surface area (Å²) in [7, 11) is 1.61. The largest absolute Gasteiger partial charge is 0.487 e. The Kier molecular flexibility index (Phi) is 10.1. The van der Waals surface area contributed by atoms with Crippen molar-refractivity contribution in [2.45, 2.75) is 25.7 Å². The number of carbonyl (C=O) groups excluding carboxylic acids is 1. The molecule has 0 unspecified atom stereocenters. The van der Waals surface area contributed by atoms with Gasteiger partial charge in [-0.3, -0.25) is 4.79 Å². The highest BCUT2D eigenvalue weighted by Crippen LogP contribution is 2.33. The van der Waals surface area contributed by atoms with Crippen molar-refractivity contribution in [3.05, 3.63) is 23.2 Å². The van der Waals surface area contributed by atoms with Gasteiger partial charge in [-0.15, -0.1) is 12.4 Å². The minimum absolute atomic E-state index is 0. The fourth-order valence-corrected chi connectivity index (χ4v) is 2.93. The Morgan fingerprint density at radius 3 is 2.79 bits per heavy atom. The molecular weight excluding hydrogens is 351 g/mol. The Labute approximate surface area is 154 Å². The van der Waals surface area contributed by atoms with Crippen LogP contribution in [0.2, 0.25) is 5.02 Å². The van der Waals surface area contributed by atoms with Gasteiger partial charge in [-0.2, -0.15) is 0 Å². The van der Waals surface area contributed by atoms with Gasteiger partial charge in [-0.25, -0.2) is 0 Å². The molecule has 0 spiro atoms. The number of amides is 1. The maximum absolute atomic E-state index is 12.2. The number of ether oxygens (including phenoxy) is 2. The summed E-state index contributed by atoms with van der Waals surface area (Å²) in [5.74, 6) is 1.14. The normalized spacial score (nSPS) is 14.8. The lowest BCUT2D eigenvalue weighted by atomic mass is 9.93. The first-order valence-electron chi connectivity index (χ1n) is 8.11. The zero-order valence-corrected chi connectivity index (χ0v) is 15.5. The smallest absolute Gasteiger partial charge is 0.224 e. The molecule has 0 bridgehead atoms. The van der Waals surface area contributed by atoms with Crippen molar-refractivity contribution < 1.29 is 14.3 Å². The van der Waals surface area contributed by atoms with E-state index in [2.05, 4.69) is 10.6 Å². The molecule has 24 heavy (non-hydrogen) atoms. The molecule has 1 heterocycles. The second-order valence-electron chi connectivity index (χ2n) is 5.74. The Hall–Kier alpha value is -1.01. The van der Waals surface area contributed by atoms with Crippen molar-refractivity contribution in [1.82, 2.24) is 5.32 Å². The molecule has 2 N–H and O–H groups in total. The Morgan fingerprint density at radius 1 is 1.33 bits per heavy atom. The van der Waals surface area contributed by atoms with Crippen LogP contribution in [0, 0.1) is 5.92 Å². The molecular formula is C17H26Cl2N2O3. The molecule has 0 aromatic heterocycles. The highest BCUT2D eigenvalue weighted by molar-refractivity contribution is 6.32. The molecule has 1 aromatic rings. The zero-order valence-electron chi connectivity index (χ0n) is 14.0. The van der Waals surface area contributed by atoms with Crippen LogP contribution >= 0.6 is 24.0 Å². The first kappa shape index (κ1) is 21.0. The molecule has 2 rings (SSSR count). The van der Waals surface area contributed by atoms with Gasteiger partial charge in [0.1, 0.15) is 6.61 Å². The van der Waals surface area contributed by atoms with Crippen molar-refractivity contribution >= 4 is 35.6 Å². The number of carbonyl (C=O) groups is 1. The molecule has 0 atom stereocenters. The molecule has 136 valence electrons. The molecule has 7 heteroatoms. The maximum Gasteiger partial charge on any atom is 0.224 e. The molecule has 0 radical (unpaired) electrons. The summed E-state index contributed by atoms with van der Waals surface area (Å²) in [5.41, 5.74) is 0.615. The average molecular weight is 377 g/mol. The summed E-state index contributed by atoms with van der Waals surface area (Å²) in [6, 6.07) is 5.35. The van der Waals surface area contributed by atoms with E-state index in [1.54, 1.807) is 25.3 Å². The van der Waals surface area contributed by atoms with Gasteiger partial charge in [0.15, 0.2) is 5.75 Å². The van der Waals surface area contributed by atoms with Crippen LogP contribution in [0.1, 0.15) is 25.7 Å². The topological polar surface area (TPSA) is 59.6 Å². The van der Waals surface area contributed by atoms with Gasteiger partial charge in [-0.1, -0.05) is 17.7 Å². The van der Waals surface area contributed by atoms with Crippen LogP contribution in [-0.4, -0.2) is 39.3 Å². The van der Waals surface area contributed by atoms with Gasteiger partial charge in [0.05, 0.1) is 17.3 Å². The summed E-state index contributed by atoms with van der Waals surface area (Å²) in [5, 5.41) is 6.73. The number of methoxy groups -OCH3 is 1. The van der Waals surface area contributed by atoms with E-state index in [-0.39, 0.29) is 18.3 Å². The summed E-state index contributed by atoms with van der Waals surface area (Å²) in [4.78, 5) is 12.2. The minimum Gasteiger partial charge on any atom is -0.487 e. The van der Waals surface area contributed by atoms with Gasteiger partial charge in [0.25, 0.3) is 0 Å². The van der Waals surface area contributed by atoms with Crippen LogP contribution in [0.5, 0.6) is 5.75 Å². The molecule has 1 fully saturated rings. The van der Waals surface area contributed by atoms with Gasteiger partial charge < -0.3 is 20.1 Å². The number of piperidine rings is 1. The first-order chi connectivity index (χ1) is 11.2. The number of para-hydroxylation sites is 1. The fraction of sp³-hybridized carbons (Fsp3) is 0.588. The van der Waals surface area contributed by atoms with E-state index in [0.29, 0.717) is 42.0 Å². The monoisotopic (exact) mass is 376 g/mol. The third-order valence-corrected chi connectivity index (χ3v) is 4.31. The summed E-state index contributed by atoms with van der Waals surface area (Å²) in [6.07, 6.45) is 3.74. The molecule has 1 amide bonds. The SMILES string of the molecule is COCCOc1c(Cl)cccc1NC(=O)CCC1CCNCC1.Cl. The maximum atomic E-state index is 12.2. The molecule has 1 aromatic carbocycles. The quantitative estimate of drug-likeness (QED) is 0.681. The van der Waals surface area contributed by atoms with Gasteiger partial charge in [0, 0.05) is 13.5 Å². The number of halogens is 2. The van der Waals surface area contributed by atoms with Crippen LogP contribution in [0.4, 0.5) is 5.69 Å². The highest BCUT2D eigenvalue weighted by atomic mass is 35.5. The Bertz CT molecular complexity index is 509. The lowest BCUT2D eigenvalue weighted by Gasteiger charge is -2.22. The first-order valence-corrected chi connectivity index (χ1v) is 8.49. The van der Waals surface area contributed by atoms with E-state index in [9.17, 15) is 4.79 Å². The second-order valence-corrected chi connectivity index (χ2v) is 6.15. The number of benzene rings is 1. The number of nitrogens with one attached hydrogen (secondary N) is 2. The van der Waals surface area contributed by atoms with E-state index in [4.69, 9.17) is 21.1 Å². The van der Waals surface area contributed by atoms with Crippen molar-refractivity contribution in [1.29, 1.82) is 0 Å². The van der Waals surface area contributed by atoms with Crippen LogP contribution < -0.4 is 15.4 Å². The van der Waals surface area contributed by atoms with E-state index in [0.717, 1.165) is 32.4 Å². The van der Waals surface area contributed by atoms with Crippen LogP contribution in [0.3, 0.4) is 0 Å². The van der Waals surface area contributed by atoms with Crippen molar-refractivity contribution in [3.63, 3.8) is 0 Å². The fourth-order valence-electron chi connectivity index (χ4n) is 2.70. The standard InChI is InChI=1S/C17H25ClN2O3.ClH/c1-22-11-12-23-17-14(18)3-2-4-15(17)20-16(21)6-5-13-7-9-19-10-8-13;/h2-4,13,19H,5-12H2,1H3,(H,20,21);1H. The lowest BCUT2D eigenvalue weighted by molar-refractivity contribution is -0.116. The van der Waals surface area contributed by atoms with Crippen LogP contribution in [-0.2, 0) is 9.53 Å². The zero-order chi connectivity index (χ0) is 16.5. The molecule has 0 saturated carbocycles. The average Bonchev–Trinajstić information content (AvgIpc) is 2.56. The van der Waals surface area contributed by atoms with E-state index in [1.807, 2.05) is 0 Å². The van der Waals surface area contributed by atoms with E-state index < -0.39 is 0 Å². The van der Waals surface area contributed by atoms with Crippen LogP contribution in [0.15, 0.2) is 18.2 Å². The molecule has 0 aliphatic carbocycles. The Balaban J connectivity index is 0.00000288. The third kappa shape index (κ3) is 6.85. The number of rotatable bonds is 8. The van der Waals surface area contributed by atoms with Crippen molar-refractivity contribution in [3.8, 4) is 5.75 Å². The van der Waals surface area contributed by atoms with Crippen LogP contribution in [0.25, 0.3) is 0 Å². The predicted molar refractivity (Wildman–Crippen MR) is 99.5 cm³/mol. The molecule has 1 saturated heterocycles. The second kappa shape index (κ2) is 11.5. The molecule has 1 aliphatic rings. The van der Waals surface area contributed by atoms with Gasteiger partial charge in [-0.05, 0) is 50.4 Å². The molecule has 5 nitrogen and oxygen atoms in total. The van der Waals surface area contributed by atoms with E-state index in [1.165, 1.54) is 0 Å². The van der Waals surface area contributed by atoms with Gasteiger partial charge >= 0.3 is 0 Å². The number of hydrogen-bond donors (Lipinski definition) is 2. The summed E-state index contributed by atoms with van der Waals surface area (Å²) >= 11 is 6.17. The number of anilines is 1. The highest BCUT2D eigenvalue weighted by Gasteiger charge is 2.16. The predicted octanol–water partition coefficient (Wildman–Crippen LogP) is 3.51. The summed E-state index contributed by atoms with van der Waals surface area (Å²) < 4.78 is 10.6. The van der Waals surface area contributed by atoms with Crippen molar-refractivity contribution in [2.24, 2.45) is 5.92 Å². The van der Waals surface area contributed by atoms with E-state index >= 15 is 0 Å². The van der Waals surface area contributed by atoms with Crippen molar-refractivity contribution in [2.75, 3.05) is 38.7 Å². The summed E-state index contributed by atoms with van der Waals surface area (Å²) in [6.45, 7) is 2.96. The van der Waals surface area contributed by atoms with Gasteiger partial charge in [0.2, 0.25) is 5.91 Å². The molecule has 1 aliphatic heterocycles.